The molecule has 0 saturated carbocycles. The van der Waals surface area contributed by atoms with Gasteiger partial charge in [-0.05, 0) is 65.4 Å². The standard InChI is InChI=1S/C35H38N2O5/c1-4-40-33(41-5-2)22-37(21-25-18-19-26-12-6-7-13-27(26)20-25)34(38)24(3)36-35(39)42-23-32-30-16-10-8-14-28(30)29-15-9-11-17-31(29)32/h6-20,24,32-33H,4-5,21-23H2,1-3H3,(H,36,39). The molecular weight excluding hydrogens is 528 g/mol. The molecule has 0 heterocycles. The largest absolute Gasteiger partial charge is 0.449 e. The highest BCUT2D eigenvalue weighted by Gasteiger charge is 2.30. The van der Waals surface area contributed by atoms with Crippen molar-refractivity contribution in [3.8, 4) is 11.1 Å². The number of hydrogen-bond donors (Lipinski definition) is 1. The van der Waals surface area contributed by atoms with E-state index in [0.717, 1.165) is 38.6 Å². The van der Waals surface area contributed by atoms with Crippen molar-refractivity contribution in [2.24, 2.45) is 0 Å². The number of amides is 2. The van der Waals surface area contributed by atoms with E-state index in [2.05, 4.69) is 47.8 Å². The molecule has 1 aliphatic carbocycles. The van der Waals surface area contributed by atoms with E-state index < -0.39 is 18.4 Å². The number of carbonyl (C=O) groups is 2. The molecule has 0 saturated heterocycles. The summed E-state index contributed by atoms with van der Waals surface area (Å²) in [5, 5.41) is 4.98. The molecule has 4 aromatic rings. The van der Waals surface area contributed by atoms with E-state index in [-0.39, 0.29) is 25.0 Å². The molecule has 0 fully saturated rings. The summed E-state index contributed by atoms with van der Waals surface area (Å²) >= 11 is 0. The van der Waals surface area contributed by atoms with E-state index in [1.165, 1.54) is 0 Å². The van der Waals surface area contributed by atoms with E-state index >= 15 is 0 Å². The number of rotatable bonds is 12. The van der Waals surface area contributed by atoms with Gasteiger partial charge in [-0.1, -0.05) is 84.9 Å². The van der Waals surface area contributed by atoms with Crippen LogP contribution in [0, 0.1) is 0 Å². The Kier molecular flexibility index (Phi) is 9.52. The summed E-state index contributed by atoms with van der Waals surface area (Å²) in [5.41, 5.74) is 5.56. The predicted molar refractivity (Wildman–Crippen MR) is 164 cm³/mol. The van der Waals surface area contributed by atoms with Gasteiger partial charge in [-0.25, -0.2) is 4.79 Å². The number of alkyl carbamates (subject to hydrolysis) is 1. The fourth-order valence-electron chi connectivity index (χ4n) is 5.65. The average molecular weight is 567 g/mol. The van der Waals surface area contributed by atoms with Crippen molar-refractivity contribution < 1.29 is 23.8 Å². The van der Waals surface area contributed by atoms with Crippen molar-refractivity contribution in [3.63, 3.8) is 0 Å². The van der Waals surface area contributed by atoms with Crippen molar-refractivity contribution in [3.05, 3.63) is 108 Å². The van der Waals surface area contributed by atoms with Crippen LogP contribution in [-0.4, -0.2) is 55.6 Å². The molecule has 7 heteroatoms. The van der Waals surface area contributed by atoms with Gasteiger partial charge in [0.15, 0.2) is 6.29 Å². The molecule has 0 aromatic heterocycles. The Bertz CT molecular complexity index is 1490. The number of nitrogens with zero attached hydrogens (tertiary/aromatic N) is 1. The molecule has 218 valence electrons. The number of hydrogen-bond acceptors (Lipinski definition) is 5. The molecule has 0 spiro atoms. The molecule has 4 aromatic carbocycles. The smallest absolute Gasteiger partial charge is 0.407 e. The van der Waals surface area contributed by atoms with Crippen LogP contribution < -0.4 is 5.32 Å². The second-order valence-corrected chi connectivity index (χ2v) is 10.4. The lowest BCUT2D eigenvalue weighted by molar-refractivity contribution is -0.160. The van der Waals surface area contributed by atoms with Crippen molar-refractivity contribution in [2.45, 2.75) is 45.6 Å². The number of benzene rings is 4. The van der Waals surface area contributed by atoms with Gasteiger partial charge in [0.05, 0.1) is 6.54 Å². The maximum atomic E-state index is 13.7. The van der Waals surface area contributed by atoms with E-state index in [1.54, 1.807) is 11.8 Å². The molecule has 0 aliphatic heterocycles. The summed E-state index contributed by atoms with van der Waals surface area (Å²) in [5.74, 6) is -0.308. The van der Waals surface area contributed by atoms with Crippen molar-refractivity contribution in [1.82, 2.24) is 10.2 Å². The highest BCUT2D eigenvalue weighted by atomic mass is 16.7. The van der Waals surface area contributed by atoms with E-state index in [9.17, 15) is 9.59 Å². The van der Waals surface area contributed by atoms with Crippen LogP contribution in [0.25, 0.3) is 21.9 Å². The van der Waals surface area contributed by atoms with Gasteiger partial charge in [0.2, 0.25) is 5.91 Å². The molecule has 0 bridgehead atoms. The summed E-state index contributed by atoms with van der Waals surface area (Å²) in [7, 11) is 0. The molecule has 1 N–H and O–H groups in total. The Balaban J connectivity index is 1.26. The summed E-state index contributed by atoms with van der Waals surface area (Å²) in [6, 6.07) is 29.8. The SMILES string of the molecule is CCOC(CN(Cc1ccc2ccccc2c1)C(=O)C(C)NC(=O)OCC1c2ccccc2-c2ccccc21)OCC. The molecule has 0 radical (unpaired) electrons. The van der Waals surface area contributed by atoms with Gasteiger partial charge >= 0.3 is 6.09 Å². The third-order valence-electron chi connectivity index (χ3n) is 7.62. The molecule has 1 unspecified atom stereocenters. The number of fused-ring (bicyclic) bond motifs is 4. The van der Waals surface area contributed by atoms with Gasteiger partial charge in [-0.3, -0.25) is 4.79 Å². The first kappa shape index (κ1) is 29.3. The summed E-state index contributed by atoms with van der Waals surface area (Å²) in [6.45, 7) is 7.12. The first-order valence-electron chi connectivity index (χ1n) is 14.6. The Morgan fingerprint density at radius 3 is 2.05 bits per heavy atom. The van der Waals surface area contributed by atoms with Gasteiger partial charge in [-0.15, -0.1) is 0 Å². The third-order valence-corrected chi connectivity index (χ3v) is 7.62. The fraction of sp³-hybridized carbons (Fsp3) is 0.314. The average Bonchev–Trinajstić information content (AvgIpc) is 3.33. The summed E-state index contributed by atoms with van der Waals surface area (Å²) < 4.78 is 17.2. The van der Waals surface area contributed by atoms with Crippen LogP contribution in [0.3, 0.4) is 0 Å². The van der Waals surface area contributed by atoms with Crippen LogP contribution in [0.4, 0.5) is 4.79 Å². The normalized spacial score (nSPS) is 13.0. The summed E-state index contributed by atoms with van der Waals surface area (Å²) in [4.78, 5) is 28.3. The Labute approximate surface area is 247 Å². The van der Waals surface area contributed by atoms with Crippen LogP contribution in [0.2, 0.25) is 0 Å². The molecular formula is C35H38N2O5. The van der Waals surface area contributed by atoms with Crippen LogP contribution in [0.1, 0.15) is 43.4 Å². The number of carbonyl (C=O) groups excluding carboxylic acids is 2. The quantitative estimate of drug-likeness (QED) is 0.198. The van der Waals surface area contributed by atoms with Gasteiger partial charge in [0.1, 0.15) is 12.6 Å². The van der Waals surface area contributed by atoms with Gasteiger partial charge in [0.25, 0.3) is 0 Å². The maximum Gasteiger partial charge on any atom is 0.407 e. The van der Waals surface area contributed by atoms with Crippen LogP contribution in [-0.2, 0) is 25.5 Å². The van der Waals surface area contributed by atoms with Crippen molar-refractivity contribution in [2.75, 3.05) is 26.4 Å². The molecule has 5 rings (SSSR count). The number of ether oxygens (including phenoxy) is 3. The Morgan fingerprint density at radius 1 is 0.810 bits per heavy atom. The minimum absolute atomic E-state index is 0.0586. The van der Waals surface area contributed by atoms with E-state index in [1.807, 2.05) is 62.4 Å². The zero-order valence-corrected chi connectivity index (χ0v) is 24.4. The van der Waals surface area contributed by atoms with Gasteiger partial charge in [-0.2, -0.15) is 0 Å². The summed E-state index contributed by atoms with van der Waals surface area (Å²) in [6.07, 6.45) is -1.21. The molecule has 42 heavy (non-hydrogen) atoms. The topological polar surface area (TPSA) is 77.1 Å². The minimum atomic E-state index is -0.815. The zero-order chi connectivity index (χ0) is 29.5. The first-order chi connectivity index (χ1) is 20.5. The predicted octanol–water partition coefficient (Wildman–Crippen LogP) is 6.49. The zero-order valence-electron chi connectivity index (χ0n) is 24.4. The maximum absolute atomic E-state index is 13.7. The molecule has 2 amide bonds. The van der Waals surface area contributed by atoms with Crippen molar-refractivity contribution >= 4 is 22.8 Å². The van der Waals surface area contributed by atoms with Crippen molar-refractivity contribution in [1.29, 1.82) is 0 Å². The second kappa shape index (κ2) is 13.6. The molecule has 1 atom stereocenters. The first-order valence-corrected chi connectivity index (χ1v) is 14.6. The second-order valence-electron chi connectivity index (χ2n) is 10.4. The monoisotopic (exact) mass is 566 g/mol. The molecule has 1 aliphatic rings. The lowest BCUT2D eigenvalue weighted by Gasteiger charge is -2.30. The fourth-order valence-corrected chi connectivity index (χ4v) is 5.65. The van der Waals surface area contributed by atoms with E-state index in [0.29, 0.717) is 19.8 Å². The van der Waals surface area contributed by atoms with Gasteiger partial charge in [0, 0.05) is 25.7 Å². The van der Waals surface area contributed by atoms with Crippen LogP contribution in [0.5, 0.6) is 0 Å². The highest BCUT2D eigenvalue weighted by Crippen LogP contribution is 2.44. The van der Waals surface area contributed by atoms with Gasteiger partial charge < -0.3 is 24.4 Å². The minimum Gasteiger partial charge on any atom is -0.449 e. The van der Waals surface area contributed by atoms with Crippen LogP contribution in [0.15, 0.2) is 91.0 Å². The van der Waals surface area contributed by atoms with E-state index in [4.69, 9.17) is 14.2 Å². The highest BCUT2D eigenvalue weighted by molar-refractivity contribution is 5.86. The third kappa shape index (κ3) is 6.64. The lowest BCUT2D eigenvalue weighted by Crippen LogP contribution is -2.49. The van der Waals surface area contributed by atoms with Crippen LogP contribution >= 0.6 is 0 Å². The number of nitrogens with one attached hydrogen (secondary N) is 1. The lowest BCUT2D eigenvalue weighted by atomic mass is 9.98. The molecule has 7 nitrogen and oxygen atoms in total. The Hall–Kier alpha value is -4.20. The Morgan fingerprint density at radius 2 is 1.40 bits per heavy atom.